The van der Waals surface area contributed by atoms with E-state index in [0.29, 0.717) is 0 Å². The number of allylic oxidation sites excluding steroid dienone is 2. The number of rotatable bonds is 1. The highest BCUT2D eigenvalue weighted by atomic mass is 19.4. The van der Waals surface area contributed by atoms with Crippen LogP contribution in [0.3, 0.4) is 0 Å². The molecule has 0 radical (unpaired) electrons. The first-order valence-corrected chi connectivity index (χ1v) is 2.30. The summed E-state index contributed by atoms with van der Waals surface area (Å²) in [5, 5.41) is 9.87. The Balaban J connectivity index is 4.35. The summed E-state index contributed by atoms with van der Waals surface area (Å²) in [7, 11) is 0. The van der Waals surface area contributed by atoms with E-state index < -0.39 is 17.7 Å². The van der Waals surface area contributed by atoms with E-state index in [0.717, 1.165) is 6.92 Å². The quantitative estimate of drug-likeness (QED) is 0.403. The predicted octanol–water partition coefficient (Wildman–Crippen LogP) is 0.382. The average Bonchev–Trinajstić information content (AvgIpc) is 1.60. The molecule has 0 rings (SSSR count). The van der Waals surface area contributed by atoms with E-state index in [1.54, 1.807) is 0 Å². The van der Waals surface area contributed by atoms with E-state index in [4.69, 9.17) is 0 Å². The zero-order chi connectivity index (χ0) is 8.36. The molecule has 2 nitrogen and oxygen atoms in total. The van der Waals surface area contributed by atoms with Crippen molar-refractivity contribution in [1.29, 1.82) is 0 Å². The van der Waals surface area contributed by atoms with Gasteiger partial charge < -0.3 is 5.11 Å². The summed E-state index contributed by atoms with van der Waals surface area (Å²) < 4.78 is 33.8. The smallest absolute Gasteiger partial charge is 0.402 e. The number of alkyl halides is 3. The molecule has 10 heavy (non-hydrogen) atoms. The molecule has 0 heterocycles. The van der Waals surface area contributed by atoms with Gasteiger partial charge in [-0.15, -0.1) is 0 Å². The molecule has 0 aromatic carbocycles. The molecule has 0 fully saturated rings. The van der Waals surface area contributed by atoms with Gasteiger partial charge in [0.2, 0.25) is 0 Å². The maximum Gasteiger partial charge on any atom is 0.402 e. The topological polar surface area (TPSA) is 40.1 Å². The van der Waals surface area contributed by atoms with Gasteiger partial charge in [-0.25, -0.2) is 0 Å². The van der Waals surface area contributed by atoms with Gasteiger partial charge in [-0.05, 0) is 18.8 Å². The van der Waals surface area contributed by atoms with Crippen LogP contribution in [0.15, 0.2) is 11.8 Å². The van der Waals surface area contributed by atoms with E-state index in [1.807, 2.05) is 0 Å². The van der Waals surface area contributed by atoms with Crippen LogP contribution in [0.5, 0.6) is 0 Å². The molecule has 0 aromatic heterocycles. The van der Waals surface area contributed by atoms with Gasteiger partial charge in [0.1, 0.15) is 0 Å². The van der Waals surface area contributed by atoms with Crippen molar-refractivity contribution in [2.24, 2.45) is 0 Å². The van der Waals surface area contributed by atoms with Gasteiger partial charge >= 0.3 is 6.18 Å². The van der Waals surface area contributed by atoms with Crippen molar-refractivity contribution in [2.75, 3.05) is 0 Å². The maximum absolute atomic E-state index is 11.3. The lowest BCUT2D eigenvalue weighted by Crippen LogP contribution is -2.23. The van der Waals surface area contributed by atoms with E-state index >= 15 is 0 Å². The zero-order valence-corrected chi connectivity index (χ0v) is 5.03. The van der Waals surface area contributed by atoms with Crippen molar-refractivity contribution in [3.05, 3.63) is 11.8 Å². The standard InChI is InChI=1S/C5H5F3O2/c1-3(9)2-4(10)5(6,7)8/h2,10H,1H3/p-1. The molecule has 0 amide bonds. The minimum Gasteiger partial charge on any atom is -0.869 e. The molecule has 0 unspecified atom stereocenters. The van der Waals surface area contributed by atoms with Crippen molar-refractivity contribution >= 4 is 5.78 Å². The fourth-order valence-electron chi connectivity index (χ4n) is 0.266. The Morgan fingerprint density at radius 3 is 2.00 bits per heavy atom. The molecule has 0 N–H and O–H groups in total. The Hall–Kier alpha value is -1.00. The summed E-state index contributed by atoms with van der Waals surface area (Å²) in [6.45, 7) is 0.879. The van der Waals surface area contributed by atoms with Crippen LogP contribution in [0.2, 0.25) is 0 Å². The largest absolute Gasteiger partial charge is 0.869 e. The van der Waals surface area contributed by atoms with E-state index in [1.165, 1.54) is 0 Å². The SMILES string of the molecule is CC(=O)C=C([O-])C(F)(F)F. The Bertz CT molecular complexity index is 168. The number of ketones is 1. The highest BCUT2D eigenvalue weighted by Crippen LogP contribution is 2.20. The lowest BCUT2D eigenvalue weighted by Gasteiger charge is -2.14. The van der Waals surface area contributed by atoms with Crippen molar-refractivity contribution in [1.82, 2.24) is 0 Å². The summed E-state index contributed by atoms with van der Waals surface area (Å²) in [4.78, 5) is 9.92. The lowest BCUT2D eigenvalue weighted by atomic mass is 10.3. The van der Waals surface area contributed by atoms with Crippen LogP contribution < -0.4 is 5.11 Å². The van der Waals surface area contributed by atoms with Gasteiger partial charge in [-0.3, -0.25) is 4.79 Å². The van der Waals surface area contributed by atoms with Gasteiger partial charge in [-0.2, -0.15) is 13.2 Å². The molecule has 0 bridgehead atoms. The zero-order valence-electron chi connectivity index (χ0n) is 5.03. The van der Waals surface area contributed by atoms with Crippen molar-refractivity contribution < 1.29 is 23.1 Å². The Morgan fingerprint density at radius 2 is 1.90 bits per heavy atom. The second-order valence-electron chi connectivity index (χ2n) is 1.62. The Morgan fingerprint density at radius 1 is 1.50 bits per heavy atom. The van der Waals surface area contributed by atoms with E-state index in [9.17, 15) is 23.1 Å². The Kier molecular flexibility index (Phi) is 2.45. The third kappa shape index (κ3) is 3.11. The summed E-state index contributed by atoms with van der Waals surface area (Å²) in [6, 6.07) is 0. The van der Waals surface area contributed by atoms with Crippen LogP contribution in [0, 0.1) is 0 Å². The average molecular weight is 153 g/mol. The molecule has 0 saturated heterocycles. The molecule has 5 heteroatoms. The Labute approximate surface area is 55.0 Å². The highest BCUT2D eigenvalue weighted by Gasteiger charge is 2.26. The summed E-state index contributed by atoms with van der Waals surface area (Å²) in [5.74, 6) is -3.01. The molecule has 0 saturated carbocycles. The maximum atomic E-state index is 11.3. The van der Waals surface area contributed by atoms with Gasteiger partial charge in [-0.1, -0.05) is 0 Å². The fraction of sp³-hybridized carbons (Fsp3) is 0.400. The van der Waals surface area contributed by atoms with Crippen LogP contribution in [0.1, 0.15) is 6.92 Å². The lowest BCUT2D eigenvalue weighted by molar-refractivity contribution is -0.360. The molecule has 0 aliphatic carbocycles. The number of carbonyl (C=O) groups excluding carboxylic acids is 1. The predicted molar refractivity (Wildman–Crippen MR) is 24.8 cm³/mol. The third-order valence-electron chi connectivity index (χ3n) is 0.614. The van der Waals surface area contributed by atoms with Crippen molar-refractivity contribution in [3.63, 3.8) is 0 Å². The molecule has 58 valence electrons. The van der Waals surface area contributed by atoms with Crippen molar-refractivity contribution in [2.45, 2.75) is 13.1 Å². The van der Waals surface area contributed by atoms with Crippen LogP contribution >= 0.6 is 0 Å². The first kappa shape index (κ1) is 9.00. The van der Waals surface area contributed by atoms with Gasteiger partial charge in [0, 0.05) is 0 Å². The van der Waals surface area contributed by atoms with Crippen LogP contribution in [-0.2, 0) is 4.79 Å². The van der Waals surface area contributed by atoms with Crippen molar-refractivity contribution in [3.8, 4) is 0 Å². The fourth-order valence-corrected chi connectivity index (χ4v) is 0.266. The normalized spacial score (nSPS) is 13.4. The first-order chi connectivity index (χ1) is 4.34. The van der Waals surface area contributed by atoms with Gasteiger partial charge in [0.05, 0.1) is 0 Å². The molecular weight excluding hydrogens is 149 g/mol. The second kappa shape index (κ2) is 2.72. The molecule has 0 atom stereocenters. The molecule has 0 spiro atoms. The van der Waals surface area contributed by atoms with Crippen LogP contribution in [-0.4, -0.2) is 12.0 Å². The van der Waals surface area contributed by atoms with Gasteiger partial charge in [0.25, 0.3) is 0 Å². The monoisotopic (exact) mass is 153 g/mol. The molecular formula is C5H4F3O2-. The third-order valence-corrected chi connectivity index (χ3v) is 0.614. The molecule has 0 aliphatic rings. The highest BCUT2D eigenvalue weighted by molar-refractivity contribution is 5.87. The van der Waals surface area contributed by atoms with E-state index in [-0.39, 0.29) is 6.08 Å². The minimum atomic E-state index is -4.92. The molecule has 0 aliphatic heterocycles. The van der Waals surface area contributed by atoms with Crippen LogP contribution in [0.25, 0.3) is 0 Å². The number of hydrogen-bond acceptors (Lipinski definition) is 2. The number of hydrogen-bond donors (Lipinski definition) is 0. The summed E-state index contributed by atoms with van der Waals surface area (Å²) in [5.41, 5.74) is 0. The summed E-state index contributed by atoms with van der Waals surface area (Å²) in [6.07, 6.45) is -4.91. The minimum absolute atomic E-state index is 0.0139. The summed E-state index contributed by atoms with van der Waals surface area (Å²) >= 11 is 0. The van der Waals surface area contributed by atoms with Gasteiger partial charge in [0.15, 0.2) is 5.78 Å². The molecule has 0 aromatic rings. The first-order valence-electron chi connectivity index (χ1n) is 2.30. The van der Waals surface area contributed by atoms with E-state index in [2.05, 4.69) is 0 Å². The second-order valence-corrected chi connectivity index (χ2v) is 1.62. The number of carbonyl (C=O) groups is 1. The number of halogens is 3. The van der Waals surface area contributed by atoms with Crippen LogP contribution in [0.4, 0.5) is 13.2 Å².